The largest absolute Gasteiger partial charge is 0.351 e. The van der Waals surface area contributed by atoms with Crippen molar-refractivity contribution in [2.45, 2.75) is 0 Å². The van der Waals surface area contributed by atoms with Crippen LogP contribution in [0.3, 0.4) is 0 Å². The van der Waals surface area contributed by atoms with Crippen LogP contribution >= 0.6 is 15.9 Å². The van der Waals surface area contributed by atoms with Crippen molar-refractivity contribution in [1.82, 2.24) is 4.98 Å². The predicted molar refractivity (Wildman–Crippen MR) is 109 cm³/mol. The Bertz CT molecular complexity index is 1030. The Labute approximate surface area is 160 Å². The standard InChI is InChI=1S/C23H16BrNO/c24-19-13-11-16(12-14-19)20-15-21(17-7-3-1-4-8-17)25-22(20)23(26)18-9-5-2-6-10-18/h1-15,25H. The second kappa shape index (κ2) is 7.14. The number of hydrogen-bond donors (Lipinski definition) is 1. The molecular weight excluding hydrogens is 386 g/mol. The number of carbonyl (C=O) groups is 1. The minimum absolute atomic E-state index is 0.00861. The summed E-state index contributed by atoms with van der Waals surface area (Å²) in [6.45, 7) is 0. The van der Waals surface area contributed by atoms with Gasteiger partial charge >= 0.3 is 0 Å². The zero-order valence-corrected chi connectivity index (χ0v) is 15.5. The van der Waals surface area contributed by atoms with Gasteiger partial charge in [-0.15, -0.1) is 0 Å². The van der Waals surface area contributed by atoms with Crippen LogP contribution in [0.1, 0.15) is 16.1 Å². The van der Waals surface area contributed by atoms with Gasteiger partial charge in [-0.1, -0.05) is 88.7 Å². The molecule has 0 saturated carbocycles. The summed E-state index contributed by atoms with van der Waals surface area (Å²) in [5.41, 5.74) is 5.18. The molecule has 0 fully saturated rings. The maximum Gasteiger partial charge on any atom is 0.209 e. The van der Waals surface area contributed by atoms with Crippen LogP contribution in [-0.4, -0.2) is 10.8 Å². The molecule has 3 aromatic carbocycles. The molecule has 0 saturated heterocycles. The highest BCUT2D eigenvalue weighted by Crippen LogP contribution is 2.32. The monoisotopic (exact) mass is 401 g/mol. The van der Waals surface area contributed by atoms with E-state index < -0.39 is 0 Å². The molecule has 0 amide bonds. The summed E-state index contributed by atoms with van der Waals surface area (Å²) in [6.07, 6.45) is 0. The van der Waals surface area contributed by atoms with Crippen LogP contribution in [-0.2, 0) is 0 Å². The Morgan fingerprint density at radius 3 is 2.00 bits per heavy atom. The molecule has 2 nitrogen and oxygen atoms in total. The lowest BCUT2D eigenvalue weighted by Crippen LogP contribution is -2.03. The minimum Gasteiger partial charge on any atom is -0.351 e. The number of carbonyl (C=O) groups excluding carboxylic acids is 1. The molecule has 126 valence electrons. The van der Waals surface area contributed by atoms with Crippen molar-refractivity contribution in [3.05, 3.63) is 107 Å². The number of benzene rings is 3. The van der Waals surface area contributed by atoms with Gasteiger partial charge in [0.1, 0.15) is 0 Å². The highest BCUT2D eigenvalue weighted by Gasteiger charge is 2.19. The average Bonchev–Trinajstić information content (AvgIpc) is 3.15. The topological polar surface area (TPSA) is 32.9 Å². The fourth-order valence-corrected chi connectivity index (χ4v) is 3.26. The van der Waals surface area contributed by atoms with Gasteiger partial charge in [-0.3, -0.25) is 4.79 Å². The lowest BCUT2D eigenvalue weighted by molar-refractivity contribution is 0.103. The van der Waals surface area contributed by atoms with Gasteiger partial charge in [-0.25, -0.2) is 0 Å². The van der Waals surface area contributed by atoms with Crippen LogP contribution in [0.25, 0.3) is 22.4 Å². The van der Waals surface area contributed by atoms with E-state index in [0.717, 1.165) is 26.9 Å². The van der Waals surface area contributed by atoms with E-state index in [1.807, 2.05) is 84.9 Å². The van der Waals surface area contributed by atoms with Gasteiger partial charge in [0.05, 0.1) is 5.69 Å². The first kappa shape index (κ1) is 16.6. The first-order valence-corrected chi connectivity index (χ1v) is 9.16. The summed E-state index contributed by atoms with van der Waals surface area (Å²) in [7, 11) is 0. The van der Waals surface area contributed by atoms with Crippen LogP contribution in [0.15, 0.2) is 95.5 Å². The molecule has 3 heteroatoms. The number of halogens is 1. The SMILES string of the molecule is O=C(c1ccccc1)c1[nH]c(-c2ccccc2)cc1-c1ccc(Br)cc1. The van der Waals surface area contributed by atoms with Gasteiger partial charge in [0.25, 0.3) is 0 Å². The fraction of sp³-hybridized carbons (Fsp3) is 0. The van der Waals surface area contributed by atoms with Crippen molar-refractivity contribution in [2.75, 3.05) is 0 Å². The van der Waals surface area contributed by atoms with Crippen LogP contribution in [0.2, 0.25) is 0 Å². The van der Waals surface area contributed by atoms with Crippen LogP contribution in [0.4, 0.5) is 0 Å². The van der Waals surface area contributed by atoms with Crippen molar-refractivity contribution >= 4 is 21.7 Å². The molecule has 0 aliphatic rings. The third-order valence-electron chi connectivity index (χ3n) is 4.32. The van der Waals surface area contributed by atoms with E-state index in [4.69, 9.17) is 0 Å². The maximum atomic E-state index is 13.1. The summed E-state index contributed by atoms with van der Waals surface area (Å²) < 4.78 is 1.01. The molecule has 1 N–H and O–H groups in total. The highest BCUT2D eigenvalue weighted by molar-refractivity contribution is 9.10. The zero-order valence-electron chi connectivity index (χ0n) is 13.9. The van der Waals surface area contributed by atoms with Gasteiger partial charge in [-0.05, 0) is 29.3 Å². The molecule has 4 aromatic rings. The van der Waals surface area contributed by atoms with Gasteiger partial charge in [0, 0.05) is 21.3 Å². The van der Waals surface area contributed by atoms with E-state index in [-0.39, 0.29) is 5.78 Å². The van der Waals surface area contributed by atoms with Crippen LogP contribution in [0, 0.1) is 0 Å². The number of hydrogen-bond acceptors (Lipinski definition) is 1. The Balaban J connectivity index is 1.87. The Morgan fingerprint density at radius 1 is 0.731 bits per heavy atom. The second-order valence-corrected chi connectivity index (χ2v) is 6.96. The summed E-state index contributed by atoms with van der Waals surface area (Å²) >= 11 is 3.47. The molecule has 4 rings (SSSR count). The molecule has 0 bridgehead atoms. The van der Waals surface area contributed by atoms with Crippen molar-refractivity contribution in [1.29, 1.82) is 0 Å². The molecule has 1 aromatic heterocycles. The third-order valence-corrected chi connectivity index (χ3v) is 4.85. The molecule has 0 aliphatic carbocycles. The number of nitrogens with one attached hydrogen (secondary N) is 1. The molecule has 1 heterocycles. The highest BCUT2D eigenvalue weighted by atomic mass is 79.9. The van der Waals surface area contributed by atoms with E-state index in [1.54, 1.807) is 0 Å². The minimum atomic E-state index is -0.00861. The number of aromatic nitrogens is 1. The predicted octanol–water partition coefficient (Wildman–Crippen LogP) is 6.34. The first-order valence-electron chi connectivity index (χ1n) is 8.36. The van der Waals surface area contributed by atoms with E-state index in [1.165, 1.54) is 0 Å². The third kappa shape index (κ3) is 3.26. The van der Waals surface area contributed by atoms with Gasteiger partial charge in [-0.2, -0.15) is 0 Å². The van der Waals surface area contributed by atoms with E-state index >= 15 is 0 Å². The number of aromatic amines is 1. The fourth-order valence-electron chi connectivity index (χ4n) is 3.00. The maximum absolute atomic E-state index is 13.1. The Kier molecular flexibility index (Phi) is 4.55. The lowest BCUT2D eigenvalue weighted by atomic mass is 10.00. The van der Waals surface area contributed by atoms with Crippen molar-refractivity contribution in [2.24, 2.45) is 0 Å². The van der Waals surface area contributed by atoms with E-state index in [2.05, 4.69) is 27.0 Å². The van der Waals surface area contributed by atoms with Gasteiger partial charge < -0.3 is 4.98 Å². The summed E-state index contributed by atoms with van der Waals surface area (Å²) in [5, 5.41) is 0. The van der Waals surface area contributed by atoms with Crippen molar-refractivity contribution in [3.63, 3.8) is 0 Å². The van der Waals surface area contributed by atoms with Crippen LogP contribution < -0.4 is 0 Å². The molecular formula is C23H16BrNO. The molecule has 0 aliphatic heterocycles. The quantitative estimate of drug-likeness (QED) is 0.397. The average molecular weight is 402 g/mol. The van der Waals surface area contributed by atoms with Gasteiger partial charge in [0.15, 0.2) is 0 Å². The summed E-state index contributed by atoms with van der Waals surface area (Å²) in [6, 6.07) is 29.5. The lowest BCUT2D eigenvalue weighted by Gasteiger charge is -2.04. The smallest absolute Gasteiger partial charge is 0.209 e. The molecule has 0 unspecified atom stereocenters. The van der Waals surface area contributed by atoms with E-state index in [9.17, 15) is 4.79 Å². The van der Waals surface area contributed by atoms with Crippen LogP contribution in [0.5, 0.6) is 0 Å². The molecule has 26 heavy (non-hydrogen) atoms. The first-order chi connectivity index (χ1) is 12.7. The molecule has 0 radical (unpaired) electrons. The van der Waals surface area contributed by atoms with Gasteiger partial charge in [0.2, 0.25) is 5.78 Å². The Hall–Kier alpha value is -2.91. The normalized spacial score (nSPS) is 10.7. The van der Waals surface area contributed by atoms with E-state index in [0.29, 0.717) is 11.3 Å². The second-order valence-electron chi connectivity index (χ2n) is 6.04. The van der Waals surface area contributed by atoms with Crippen molar-refractivity contribution in [3.8, 4) is 22.4 Å². The summed E-state index contributed by atoms with van der Waals surface area (Å²) in [5.74, 6) is -0.00861. The molecule has 0 spiro atoms. The Morgan fingerprint density at radius 2 is 1.35 bits per heavy atom. The molecule has 0 atom stereocenters. The number of H-pyrrole nitrogens is 1. The number of ketones is 1. The summed E-state index contributed by atoms with van der Waals surface area (Å²) in [4.78, 5) is 16.5. The van der Waals surface area contributed by atoms with Crippen molar-refractivity contribution < 1.29 is 4.79 Å². The zero-order chi connectivity index (χ0) is 17.9. The number of rotatable bonds is 4.